The number of nitrogens with zero attached hydrogens (tertiary/aromatic N) is 2. The topological polar surface area (TPSA) is 88.2 Å². The molecule has 10 heteroatoms. The lowest BCUT2D eigenvalue weighted by atomic mass is 9.98. The van der Waals surface area contributed by atoms with E-state index in [2.05, 4.69) is 10.2 Å². The lowest BCUT2D eigenvalue weighted by Gasteiger charge is -2.33. The fourth-order valence-corrected chi connectivity index (χ4v) is 6.05. The molecule has 2 heterocycles. The Morgan fingerprint density at radius 2 is 1.85 bits per heavy atom. The molecule has 1 unspecified atom stereocenters. The Kier molecular flexibility index (Phi) is 7.43. The Morgan fingerprint density at radius 1 is 1.12 bits per heavy atom. The number of piperidine rings is 1. The van der Waals surface area contributed by atoms with Crippen molar-refractivity contribution in [1.29, 1.82) is 0 Å². The number of benzene rings is 2. The van der Waals surface area contributed by atoms with Gasteiger partial charge in [-0.1, -0.05) is 17.7 Å². The highest BCUT2D eigenvalue weighted by molar-refractivity contribution is 7.89. The van der Waals surface area contributed by atoms with Crippen LogP contribution in [0.5, 0.6) is 5.75 Å². The van der Waals surface area contributed by atoms with Gasteiger partial charge in [-0.2, -0.15) is 4.31 Å². The molecule has 0 saturated carbocycles. The molecule has 0 bridgehead atoms. The first kappa shape index (κ1) is 23.8. The van der Waals surface area contributed by atoms with Gasteiger partial charge < -0.3 is 19.7 Å². The predicted molar refractivity (Wildman–Crippen MR) is 128 cm³/mol. The summed E-state index contributed by atoms with van der Waals surface area (Å²) in [5.74, 6) is -0.0767. The van der Waals surface area contributed by atoms with E-state index in [1.54, 1.807) is 24.3 Å². The van der Waals surface area contributed by atoms with Gasteiger partial charge in [0.2, 0.25) is 15.9 Å². The van der Waals surface area contributed by atoms with Gasteiger partial charge in [0.1, 0.15) is 5.75 Å². The number of halogens is 1. The summed E-state index contributed by atoms with van der Waals surface area (Å²) in [5.41, 5.74) is 1.40. The van der Waals surface area contributed by atoms with Gasteiger partial charge in [-0.3, -0.25) is 4.79 Å². The van der Waals surface area contributed by atoms with Crippen molar-refractivity contribution in [1.82, 2.24) is 4.31 Å². The number of methoxy groups -OCH3 is 1. The zero-order valence-corrected chi connectivity index (χ0v) is 20.1. The fraction of sp³-hybridized carbons (Fsp3) is 0.435. The van der Waals surface area contributed by atoms with Crippen LogP contribution in [0.2, 0.25) is 5.02 Å². The van der Waals surface area contributed by atoms with Crippen molar-refractivity contribution in [3.63, 3.8) is 0 Å². The van der Waals surface area contributed by atoms with Gasteiger partial charge in [-0.15, -0.1) is 0 Å². The number of amides is 1. The van der Waals surface area contributed by atoms with Crippen molar-refractivity contribution in [2.75, 3.05) is 56.7 Å². The number of carbonyl (C=O) groups excluding carboxylic acids is 1. The minimum absolute atomic E-state index is 0.133. The summed E-state index contributed by atoms with van der Waals surface area (Å²) < 4.78 is 38.2. The van der Waals surface area contributed by atoms with Gasteiger partial charge in [-0.05, 0) is 49.2 Å². The van der Waals surface area contributed by atoms with Crippen molar-refractivity contribution in [2.24, 2.45) is 5.92 Å². The van der Waals surface area contributed by atoms with E-state index < -0.39 is 15.9 Å². The van der Waals surface area contributed by atoms with Gasteiger partial charge in [0.25, 0.3) is 0 Å². The Morgan fingerprint density at radius 3 is 2.55 bits per heavy atom. The first-order valence-electron chi connectivity index (χ1n) is 11.0. The van der Waals surface area contributed by atoms with Gasteiger partial charge in [0, 0.05) is 26.2 Å². The number of morpholine rings is 1. The number of carbonyl (C=O) groups is 1. The highest BCUT2D eigenvalue weighted by atomic mass is 35.5. The monoisotopic (exact) mass is 493 g/mol. The molecule has 2 saturated heterocycles. The molecular weight excluding hydrogens is 466 g/mol. The SMILES string of the molecule is COc1ccc(S(=O)(=O)N2CCCC(C(=O)Nc3cccc(Cl)c3N3CCOCC3)C2)cc1. The lowest BCUT2D eigenvalue weighted by Crippen LogP contribution is -2.44. The van der Waals surface area contributed by atoms with E-state index in [1.807, 2.05) is 6.07 Å². The normalized spacial score (nSPS) is 19.8. The molecule has 1 amide bonds. The highest BCUT2D eigenvalue weighted by Crippen LogP contribution is 2.35. The molecule has 2 fully saturated rings. The summed E-state index contributed by atoms with van der Waals surface area (Å²) in [4.78, 5) is 15.5. The third-order valence-electron chi connectivity index (χ3n) is 6.02. The quantitative estimate of drug-likeness (QED) is 0.664. The number of hydrogen-bond acceptors (Lipinski definition) is 6. The van der Waals surface area contributed by atoms with E-state index in [4.69, 9.17) is 21.1 Å². The van der Waals surface area contributed by atoms with Gasteiger partial charge in [0.15, 0.2) is 0 Å². The zero-order valence-electron chi connectivity index (χ0n) is 18.5. The van der Waals surface area contributed by atoms with Crippen LogP contribution in [-0.2, 0) is 19.6 Å². The van der Waals surface area contributed by atoms with E-state index in [1.165, 1.54) is 23.5 Å². The van der Waals surface area contributed by atoms with E-state index in [9.17, 15) is 13.2 Å². The summed E-state index contributed by atoms with van der Waals surface area (Å²) in [7, 11) is -2.17. The number of sulfonamides is 1. The molecule has 178 valence electrons. The van der Waals surface area contributed by atoms with Crippen molar-refractivity contribution in [3.05, 3.63) is 47.5 Å². The standard InChI is InChI=1S/C23H28ClN3O5S/c1-31-18-7-9-19(10-8-18)33(29,30)27-11-3-4-17(16-27)23(28)25-21-6-2-5-20(24)22(21)26-12-14-32-15-13-26/h2,5-10,17H,3-4,11-16H2,1H3,(H,25,28). The Balaban J connectivity index is 1.49. The Labute approximate surface area is 199 Å². The molecular formula is C23H28ClN3O5S. The summed E-state index contributed by atoms with van der Waals surface area (Å²) in [6.45, 7) is 3.08. The summed E-state index contributed by atoms with van der Waals surface area (Å²) in [6.07, 6.45) is 1.23. The number of hydrogen-bond donors (Lipinski definition) is 1. The molecule has 33 heavy (non-hydrogen) atoms. The molecule has 0 aliphatic carbocycles. The maximum atomic E-state index is 13.2. The van der Waals surface area contributed by atoms with Crippen molar-refractivity contribution in [2.45, 2.75) is 17.7 Å². The second-order valence-electron chi connectivity index (χ2n) is 8.10. The van der Waals surface area contributed by atoms with Crippen molar-refractivity contribution >= 4 is 38.9 Å². The molecule has 1 atom stereocenters. The zero-order chi connectivity index (χ0) is 23.4. The van der Waals surface area contributed by atoms with Crippen LogP contribution in [0.4, 0.5) is 11.4 Å². The van der Waals surface area contributed by atoms with Crippen LogP contribution in [0, 0.1) is 5.92 Å². The van der Waals surface area contributed by atoms with Crippen LogP contribution in [-0.4, -0.2) is 65.1 Å². The molecule has 0 radical (unpaired) electrons. The summed E-state index contributed by atoms with van der Waals surface area (Å²) in [5, 5.41) is 3.56. The summed E-state index contributed by atoms with van der Waals surface area (Å²) in [6, 6.07) is 11.7. The Hall–Kier alpha value is -2.33. The number of para-hydroxylation sites is 1. The molecule has 2 aromatic carbocycles. The van der Waals surface area contributed by atoms with E-state index in [-0.39, 0.29) is 17.3 Å². The number of ether oxygens (including phenoxy) is 2. The van der Waals surface area contributed by atoms with Crippen LogP contribution >= 0.6 is 11.6 Å². The minimum Gasteiger partial charge on any atom is -0.497 e. The molecule has 8 nitrogen and oxygen atoms in total. The minimum atomic E-state index is -3.70. The third-order valence-corrected chi connectivity index (χ3v) is 8.21. The highest BCUT2D eigenvalue weighted by Gasteiger charge is 2.34. The molecule has 4 rings (SSSR count). The van der Waals surface area contributed by atoms with E-state index in [0.717, 1.165) is 5.69 Å². The van der Waals surface area contributed by atoms with E-state index in [0.29, 0.717) is 62.1 Å². The average Bonchev–Trinajstić information content (AvgIpc) is 2.85. The molecule has 2 aromatic rings. The third kappa shape index (κ3) is 5.27. The first-order valence-corrected chi connectivity index (χ1v) is 12.8. The van der Waals surface area contributed by atoms with Crippen LogP contribution < -0.4 is 15.0 Å². The van der Waals surface area contributed by atoms with Crippen LogP contribution in [0.1, 0.15) is 12.8 Å². The largest absolute Gasteiger partial charge is 0.497 e. The first-order chi connectivity index (χ1) is 15.9. The maximum Gasteiger partial charge on any atom is 0.243 e. The van der Waals surface area contributed by atoms with Crippen molar-refractivity contribution < 1.29 is 22.7 Å². The number of nitrogens with one attached hydrogen (secondary N) is 1. The maximum absolute atomic E-state index is 13.2. The molecule has 2 aliphatic rings. The average molecular weight is 494 g/mol. The van der Waals surface area contributed by atoms with Gasteiger partial charge in [0.05, 0.1) is 47.5 Å². The second-order valence-corrected chi connectivity index (χ2v) is 10.4. The van der Waals surface area contributed by atoms with Crippen LogP contribution in [0.25, 0.3) is 0 Å². The molecule has 2 aliphatic heterocycles. The smallest absolute Gasteiger partial charge is 0.243 e. The number of rotatable bonds is 6. The predicted octanol–water partition coefficient (Wildman–Crippen LogP) is 3.22. The Bertz CT molecular complexity index is 1090. The molecule has 0 spiro atoms. The van der Waals surface area contributed by atoms with Gasteiger partial charge in [-0.25, -0.2) is 8.42 Å². The molecule has 1 N–H and O–H groups in total. The van der Waals surface area contributed by atoms with E-state index >= 15 is 0 Å². The fourth-order valence-electron chi connectivity index (χ4n) is 4.23. The lowest BCUT2D eigenvalue weighted by molar-refractivity contribution is -0.120. The van der Waals surface area contributed by atoms with Gasteiger partial charge >= 0.3 is 0 Å². The van der Waals surface area contributed by atoms with Crippen molar-refractivity contribution in [3.8, 4) is 5.75 Å². The van der Waals surface area contributed by atoms with Crippen LogP contribution in [0.15, 0.2) is 47.4 Å². The molecule has 0 aromatic heterocycles. The number of anilines is 2. The summed E-state index contributed by atoms with van der Waals surface area (Å²) >= 11 is 6.47. The second kappa shape index (κ2) is 10.3. The van der Waals surface area contributed by atoms with Crippen LogP contribution in [0.3, 0.4) is 0 Å².